The minimum absolute atomic E-state index is 0.000734. The molecule has 0 heterocycles. The van der Waals surface area contributed by atoms with Gasteiger partial charge in [-0.2, -0.15) is 8.42 Å². The molecule has 21 heavy (non-hydrogen) atoms. The Morgan fingerprint density at radius 2 is 1.67 bits per heavy atom. The van der Waals surface area contributed by atoms with Crippen molar-refractivity contribution in [3.8, 4) is 0 Å². The lowest BCUT2D eigenvalue weighted by molar-refractivity contribution is -0.130. The largest absolute Gasteiger partial charge is 0.352 e. The van der Waals surface area contributed by atoms with E-state index >= 15 is 0 Å². The van der Waals surface area contributed by atoms with Gasteiger partial charge in [0.15, 0.2) is 0 Å². The summed E-state index contributed by atoms with van der Waals surface area (Å²) in [5.41, 5.74) is -0.171. The molecule has 0 bridgehead atoms. The highest BCUT2D eigenvalue weighted by Gasteiger charge is 2.37. The molecule has 126 valence electrons. The molecule has 2 N–H and O–H groups in total. The van der Waals surface area contributed by atoms with Crippen molar-refractivity contribution >= 4 is 16.0 Å². The standard InChI is InChI=1S/C15H31NO4S/c1-8-15(6,7)12(9-14(3,4)5)13(17)16-11(2)10-21(18,19)20/h11-12H,8-10H2,1-7H3,(H,16,17)(H,18,19,20). The number of hydrogen-bond donors (Lipinski definition) is 2. The molecular weight excluding hydrogens is 290 g/mol. The Hall–Kier alpha value is -0.620. The average molecular weight is 321 g/mol. The van der Waals surface area contributed by atoms with E-state index in [9.17, 15) is 13.2 Å². The van der Waals surface area contributed by atoms with Crippen LogP contribution in [0.3, 0.4) is 0 Å². The highest BCUT2D eigenvalue weighted by molar-refractivity contribution is 7.85. The molecule has 0 saturated carbocycles. The molecule has 0 saturated heterocycles. The highest BCUT2D eigenvalue weighted by Crippen LogP contribution is 2.38. The first kappa shape index (κ1) is 20.4. The summed E-state index contributed by atoms with van der Waals surface area (Å²) in [5, 5.41) is 2.72. The SMILES string of the molecule is CCC(C)(C)C(CC(C)(C)C)C(=O)NC(C)CS(=O)(=O)O. The van der Waals surface area contributed by atoms with Crippen LogP contribution >= 0.6 is 0 Å². The zero-order valence-corrected chi connectivity index (χ0v) is 15.2. The van der Waals surface area contributed by atoms with Crippen molar-refractivity contribution in [1.29, 1.82) is 0 Å². The van der Waals surface area contributed by atoms with Crippen LogP contribution in [0.4, 0.5) is 0 Å². The Labute approximate surface area is 129 Å². The number of rotatable bonds is 7. The summed E-state index contributed by atoms with van der Waals surface area (Å²) < 4.78 is 30.6. The topological polar surface area (TPSA) is 83.5 Å². The summed E-state index contributed by atoms with van der Waals surface area (Å²) in [7, 11) is -4.09. The molecule has 2 unspecified atom stereocenters. The van der Waals surface area contributed by atoms with Gasteiger partial charge in [0.05, 0.1) is 5.75 Å². The van der Waals surface area contributed by atoms with Crippen molar-refractivity contribution < 1.29 is 17.8 Å². The monoisotopic (exact) mass is 321 g/mol. The van der Waals surface area contributed by atoms with Crippen LogP contribution in [0.2, 0.25) is 0 Å². The van der Waals surface area contributed by atoms with E-state index < -0.39 is 21.9 Å². The Bertz CT molecular complexity index is 449. The molecule has 1 amide bonds. The van der Waals surface area contributed by atoms with E-state index in [1.807, 2.05) is 6.92 Å². The van der Waals surface area contributed by atoms with E-state index in [1.54, 1.807) is 6.92 Å². The summed E-state index contributed by atoms with van der Waals surface area (Å²) in [6, 6.07) is -0.609. The van der Waals surface area contributed by atoms with Gasteiger partial charge >= 0.3 is 0 Å². The third kappa shape index (κ3) is 8.41. The lowest BCUT2D eigenvalue weighted by Crippen LogP contribution is -2.46. The highest BCUT2D eigenvalue weighted by atomic mass is 32.2. The number of nitrogens with one attached hydrogen (secondary N) is 1. The molecule has 0 aliphatic carbocycles. The van der Waals surface area contributed by atoms with Gasteiger partial charge in [0.2, 0.25) is 5.91 Å². The molecule has 0 aromatic rings. The fraction of sp³-hybridized carbons (Fsp3) is 0.933. The maximum absolute atomic E-state index is 12.5. The first-order chi connectivity index (χ1) is 9.18. The Morgan fingerprint density at radius 1 is 1.19 bits per heavy atom. The van der Waals surface area contributed by atoms with Crippen LogP contribution in [-0.2, 0) is 14.9 Å². The quantitative estimate of drug-likeness (QED) is 0.706. The molecule has 0 radical (unpaired) electrons. The third-order valence-corrected chi connectivity index (χ3v) is 4.76. The molecule has 0 aromatic carbocycles. The first-order valence-electron chi connectivity index (χ1n) is 7.43. The summed E-state index contributed by atoms with van der Waals surface area (Å²) in [6.45, 7) is 14.0. The number of amides is 1. The van der Waals surface area contributed by atoms with Crippen LogP contribution in [0.15, 0.2) is 0 Å². The van der Waals surface area contributed by atoms with Gasteiger partial charge in [-0.3, -0.25) is 9.35 Å². The van der Waals surface area contributed by atoms with E-state index in [4.69, 9.17) is 4.55 Å². The van der Waals surface area contributed by atoms with Gasteiger partial charge in [0.1, 0.15) is 0 Å². The van der Waals surface area contributed by atoms with Crippen LogP contribution in [-0.4, -0.2) is 30.7 Å². The molecule has 0 aromatic heterocycles. The molecule has 0 aliphatic heterocycles. The van der Waals surface area contributed by atoms with Crippen LogP contribution in [0.5, 0.6) is 0 Å². The smallest absolute Gasteiger partial charge is 0.266 e. The maximum Gasteiger partial charge on any atom is 0.266 e. The average Bonchev–Trinajstić information content (AvgIpc) is 2.21. The van der Waals surface area contributed by atoms with Crippen LogP contribution in [0, 0.1) is 16.7 Å². The normalized spacial score (nSPS) is 16.4. The van der Waals surface area contributed by atoms with Gasteiger partial charge in [-0.05, 0) is 24.2 Å². The Balaban J connectivity index is 5.05. The van der Waals surface area contributed by atoms with Crippen molar-refractivity contribution in [1.82, 2.24) is 5.32 Å². The predicted molar refractivity (Wildman–Crippen MR) is 85.7 cm³/mol. The molecule has 0 spiro atoms. The lowest BCUT2D eigenvalue weighted by Gasteiger charge is -2.37. The fourth-order valence-electron chi connectivity index (χ4n) is 2.28. The van der Waals surface area contributed by atoms with Crippen LogP contribution in [0.1, 0.15) is 61.3 Å². The lowest BCUT2D eigenvalue weighted by atomic mass is 9.69. The minimum Gasteiger partial charge on any atom is -0.352 e. The van der Waals surface area contributed by atoms with Crippen molar-refractivity contribution in [3.63, 3.8) is 0 Å². The van der Waals surface area contributed by atoms with E-state index in [2.05, 4.69) is 39.9 Å². The van der Waals surface area contributed by atoms with Crippen molar-refractivity contribution in [2.24, 2.45) is 16.7 Å². The van der Waals surface area contributed by atoms with E-state index in [0.717, 1.165) is 12.8 Å². The summed E-state index contributed by atoms with van der Waals surface area (Å²) in [6.07, 6.45) is 1.58. The molecule has 6 heteroatoms. The molecule has 5 nitrogen and oxygen atoms in total. The summed E-state index contributed by atoms with van der Waals surface area (Å²) in [4.78, 5) is 12.5. The molecular formula is C15H31NO4S. The second-order valence-corrected chi connectivity index (χ2v) is 9.31. The number of carbonyl (C=O) groups is 1. The zero-order chi connectivity index (χ0) is 17.1. The Kier molecular flexibility index (Phi) is 6.88. The van der Waals surface area contributed by atoms with Crippen molar-refractivity contribution in [2.75, 3.05) is 5.75 Å². The van der Waals surface area contributed by atoms with Gasteiger partial charge < -0.3 is 5.32 Å². The first-order valence-corrected chi connectivity index (χ1v) is 9.04. The molecule has 0 rings (SSSR count). The number of carbonyl (C=O) groups excluding carboxylic acids is 1. The summed E-state index contributed by atoms with van der Waals surface area (Å²) >= 11 is 0. The van der Waals surface area contributed by atoms with Gasteiger partial charge in [0, 0.05) is 12.0 Å². The zero-order valence-electron chi connectivity index (χ0n) is 14.4. The maximum atomic E-state index is 12.5. The molecule has 2 atom stereocenters. The van der Waals surface area contributed by atoms with E-state index in [0.29, 0.717) is 0 Å². The van der Waals surface area contributed by atoms with E-state index in [-0.39, 0.29) is 22.7 Å². The van der Waals surface area contributed by atoms with Gasteiger partial charge in [-0.1, -0.05) is 48.0 Å². The van der Waals surface area contributed by atoms with Crippen LogP contribution in [0.25, 0.3) is 0 Å². The second kappa shape index (κ2) is 7.09. The second-order valence-electron chi connectivity index (χ2n) is 7.82. The minimum atomic E-state index is -4.09. The Morgan fingerprint density at radius 3 is 2.00 bits per heavy atom. The third-order valence-electron chi connectivity index (χ3n) is 3.84. The van der Waals surface area contributed by atoms with Crippen molar-refractivity contribution in [3.05, 3.63) is 0 Å². The van der Waals surface area contributed by atoms with E-state index in [1.165, 1.54) is 0 Å². The fourth-order valence-corrected chi connectivity index (χ4v) is 3.00. The van der Waals surface area contributed by atoms with Crippen molar-refractivity contribution in [2.45, 2.75) is 67.3 Å². The predicted octanol–water partition coefficient (Wildman–Crippen LogP) is 2.87. The number of hydrogen-bond acceptors (Lipinski definition) is 3. The van der Waals surface area contributed by atoms with Gasteiger partial charge in [-0.25, -0.2) is 0 Å². The molecule has 0 aliphatic rings. The molecule has 0 fully saturated rings. The van der Waals surface area contributed by atoms with Gasteiger partial charge in [-0.15, -0.1) is 0 Å². The summed E-state index contributed by atoms with van der Waals surface area (Å²) in [5.74, 6) is -0.813. The van der Waals surface area contributed by atoms with Gasteiger partial charge in [0.25, 0.3) is 10.1 Å². The van der Waals surface area contributed by atoms with Crippen LogP contribution < -0.4 is 5.32 Å².